The third-order valence-corrected chi connectivity index (χ3v) is 5.84. The molecule has 0 saturated heterocycles. The minimum absolute atomic E-state index is 0.0460. The predicted molar refractivity (Wildman–Crippen MR) is 109 cm³/mol. The van der Waals surface area contributed by atoms with Gasteiger partial charge in [-0.25, -0.2) is 18.1 Å². The van der Waals surface area contributed by atoms with Gasteiger partial charge in [0.05, 0.1) is 23.4 Å². The molecule has 2 heterocycles. The topological polar surface area (TPSA) is 87.2 Å². The standard InChI is InChI=1S/C21H16F3N3O4S/c1-30-19-9-13(3-8-16(19)17-11-31-12-25-17)18-10-20(21(22,23)24)26-27(18)14-4-6-15(7-5-14)32(2,28)29/h3-12H,1-2H3. The van der Waals surface area contributed by atoms with E-state index in [0.29, 0.717) is 22.6 Å². The molecule has 0 bridgehead atoms. The maximum Gasteiger partial charge on any atom is 0.435 e. The summed E-state index contributed by atoms with van der Waals surface area (Å²) in [4.78, 5) is 4.11. The lowest BCUT2D eigenvalue weighted by molar-refractivity contribution is -0.141. The number of alkyl halides is 3. The zero-order chi connectivity index (χ0) is 23.1. The van der Waals surface area contributed by atoms with Crippen LogP contribution in [0.1, 0.15) is 5.69 Å². The summed E-state index contributed by atoms with van der Waals surface area (Å²) in [5.74, 6) is 0.380. The molecular weight excluding hydrogens is 447 g/mol. The molecule has 0 aliphatic carbocycles. The van der Waals surface area contributed by atoms with Crippen LogP contribution in [0, 0.1) is 0 Å². The van der Waals surface area contributed by atoms with Gasteiger partial charge in [-0.3, -0.25) is 0 Å². The molecule has 32 heavy (non-hydrogen) atoms. The van der Waals surface area contributed by atoms with Crippen LogP contribution in [-0.4, -0.2) is 36.5 Å². The van der Waals surface area contributed by atoms with Gasteiger partial charge in [-0.1, -0.05) is 6.07 Å². The summed E-state index contributed by atoms with van der Waals surface area (Å²) in [6.45, 7) is 0. The maximum atomic E-state index is 13.4. The minimum atomic E-state index is -4.67. The molecule has 0 atom stereocenters. The number of sulfone groups is 1. The van der Waals surface area contributed by atoms with Crippen LogP contribution in [0.2, 0.25) is 0 Å². The smallest absolute Gasteiger partial charge is 0.435 e. The summed E-state index contributed by atoms with van der Waals surface area (Å²) in [6.07, 6.45) is -0.941. The van der Waals surface area contributed by atoms with Crippen LogP contribution in [0.4, 0.5) is 13.2 Å². The Morgan fingerprint density at radius 1 is 1.06 bits per heavy atom. The molecule has 0 aliphatic rings. The largest absolute Gasteiger partial charge is 0.496 e. The number of oxazole rings is 1. The quantitative estimate of drug-likeness (QED) is 0.429. The van der Waals surface area contributed by atoms with Gasteiger partial charge >= 0.3 is 6.18 Å². The van der Waals surface area contributed by atoms with Crippen LogP contribution >= 0.6 is 0 Å². The van der Waals surface area contributed by atoms with E-state index in [0.717, 1.165) is 17.0 Å². The normalized spacial score (nSPS) is 12.2. The van der Waals surface area contributed by atoms with Gasteiger partial charge in [0.1, 0.15) is 17.7 Å². The second kappa shape index (κ2) is 7.83. The van der Waals surface area contributed by atoms with E-state index in [1.165, 1.54) is 44.0 Å². The van der Waals surface area contributed by atoms with E-state index in [4.69, 9.17) is 9.15 Å². The van der Waals surface area contributed by atoms with Crippen LogP contribution in [-0.2, 0) is 16.0 Å². The number of methoxy groups -OCH3 is 1. The van der Waals surface area contributed by atoms with Crippen LogP contribution < -0.4 is 4.74 Å². The number of hydrogen-bond donors (Lipinski definition) is 0. The third-order valence-electron chi connectivity index (χ3n) is 4.71. The maximum absolute atomic E-state index is 13.4. The number of hydrogen-bond acceptors (Lipinski definition) is 6. The van der Waals surface area contributed by atoms with Gasteiger partial charge < -0.3 is 9.15 Å². The first kappa shape index (κ1) is 21.6. The summed E-state index contributed by atoms with van der Waals surface area (Å²) < 4.78 is 75.2. The minimum Gasteiger partial charge on any atom is -0.496 e. The van der Waals surface area contributed by atoms with Gasteiger partial charge in [0.25, 0.3) is 0 Å². The Hall–Kier alpha value is -3.60. The fourth-order valence-electron chi connectivity index (χ4n) is 3.16. The van der Waals surface area contributed by atoms with Crippen molar-refractivity contribution in [3.05, 3.63) is 66.9 Å². The second-order valence-corrected chi connectivity index (χ2v) is 8.89. The van der Waals surface area contributed by atoms with E-state index < -0.39 is 21.7 Å². The Kier molecular flexibility index (Phi) is 5.29. The average molecular weight is 463 g/mol. The molecular formula is C21H16F3N3O4S. The monoisotopic (exact) mass is 463 g/mol. The molecule has 0 fully saturated rings. The van der Waals surface area contributed by atoms with Gasteiger partial charge in [-0.15, -0.1) is 0 Å². The van der Waals surface area contributed by atoms with Crippen molar-refractivity contribution in [2.45, 2.75) is 11.1 Å². The number of rotatable bonds is 5. The van der Waals surface area contributed by atoms with E-state index in [2.05, 4.69) is 10.1 Å². The first-order chi connectivity index (χ1) is 15.1. The number of halogens is 3. The van der Waals surface area contributed by atoms with Crippen molar-refractivity contribution in [3.63, 3.8) is 0 Å². The van der Waals surface area contributed by atoms with Crippen molar-refractivity contribution in [1.29, 1.82) is 0 Å². The van der Waals surface area contributed by atoms with E-state index >= 15 is 0 Å². The van der Waals surface area contributed by atoms with Crippen molar-refractivity contribution in [2.75, 3.05) is 13.4 Å². The second-order valence-electron chi connectivity index (χ2n) is 6.88. The molecule has 4 rings (SSSR count). The van der Waals surface area contributed by atoms with E-state index in [1.54, 1.807) is 18.2 Å². The lowest BCUT2D eigenvalue weighted by Crippen LogP contribution is -2.07. The molecule has 2 aromatic carbocycles. The molecule has 0 radical (unpaired) electrons. The van der Waals surface area contributed by atoms with Crippen molar-refractivity contribution in [3.8, 4) is 34.0 Å². The number of ether oxygens (including phenoxy) is 1. The summed E-state index contributed by atoms with van der Waals surface area (Å²) >= 11 is 0. The van der Waals surface area contributed by atoms with E-state index in [-0.39, 0.29) is 16.3 Å². The molecule has 7 nitrogen and oxygen atoms in total. The highest BCUT2D eigenvalue weighted by atomic mass is 32.2. The lowest BCUT2D eigenvalue weighted by atomic mass is 10.1. The molecule has 11 heteroatoms. The van der Waals surface area contributed by atoms with Crippen LogP contribution in [0.15, 0.2) is 70.5 Å². The van der Waals surface area contributed by atoms with Crippen molar-refractivity contribution in [2.24, 2.45) is 0 Å². The summed E-state index contributed by atoms with van der Waals surface area (Å²) in [6, 6.07) is 11.2. The fraction of sp³-hybridized carbons (Fsp3) is 0.143. The average Bonchev–Trinajstić information content (AvgIpc) is 3.43. The SMILES string of the molecule is COc1cc(-c2cc(C(F)(F)F)nn2-c2ccc(S(C)(=O)=O)cc2)ccc1-c1cocn1. The van der Waals surface area contributed by atoms with Crippen molar-refractivity contribution >= 4 is 9.84 Å². The van der Waals surface area contributed by atoms with Crippen molar-refractivity contribution < 1.29 is 30.7 Å². The molecule has 0 saturated carbocycles. The predicted octanol–water partition coefficient (Wildman–Crippen LogP) is 4.63. The molecule has 0 aliphatic heterocycles. The first-order valence-electron chi connectivity index (χ1n) is 9.12. The van der Waals surface area contributed by atoms with E-state index in [1.807, 2.05) is 0 Å². The summed E-state index contributed by atoms with van der Waals surface area (Å²) in [5.41, 5.74) is 0.847. The Labute approximate surface area is 181 Å². The van der Waals surface area contributed by atoms with E-state index in [9.17, 15) is 21.6 Å². The fourth-order valence-corrected chi connectivity index (χ4v) is 3.79. The van der Waals surface area contributed by atoms with Crippen LogP contribution in [0.3, 0.4) is 0 Å². The van der Waals surface area contributed by atoms with Crippen LogP contribution in [0.5, 0.6) is 5.75 Å². The first-order valence-corrected chi connectivity index (χ1v) is 11.0. The highest BCUT2D eigenvalue weighted by Crippen LogP contribution is 2.37. The number of benzene rings is 2. The molecule has 4 aromatic rings. The highest BCUT2D eigenvalue weighted by Gasteiger charge is 2.35. The molecule has 0 N–H and O–H groups in total. The zero-order valence-corrected chi connectivity index (χ0v) is 17.6. The highest BCUT2D eigenvalue weighted by molar-refractivity contribution is 7.90. The lowest BCUT2D eigenvalue weighted by Gasteiger charge is -2.11. The Bertz CT molecular complexity index is 1360. The van der Waals surface area contributed by atoms with Gasteiger partial charge in [0.2, 0.25) is 0 Å². The number of aromatic nitrogens is 3. The Balaban J connectivity index is 1.86. The Morgan fingerprint density at radius 3 is 2.34 bits per heavy atom. The van der Waals surface area contributed by atoms with Gasteiger partial charge in [-0.05, 0) is 42.5 Å². The third kappa shape index (κ3) is 4.11. The molecule has 2 aromatic heterocycles. The molecule has 0 amide bonds. The summed E-state index contributed by atoms with van der Waals surface area (Å²) in [5, 5.41) is 3.72. The van der Waals surface area contributed by atoms with Gasteiger partial charge in [0.15, 0.2) is 21.9 Å². The number of nitrogens with zero attached hydrogens (tertiary/aromatic N) is 3. The van der Waals surface area contributed by atoms with Crippen LogP contribution in [0.25, 0.3) is 28.2 Å². The molecule has 166 valence electrons. The van der Waals surface area contributed by atoms with Gasteiger partial charge in [0, 0.05) is 17.4 Å². The zero-order valence-electron chi connectivity index (χ0n) is 16.8. The Morgan fingerprint density at radius 2 is 1.78 bits per heavy atom. The summed E-state index contributed by atoms with van der Waals surface area (Å²) in [7, 11) is -2.02. The molecule has 0 unspecified atom stereocenters. The molecule has 0 spiro atoms. The van der Waals surface area contributed by atoms with Crippen molar-refractivity contribution in [1.82, 2.24) is 14.8 Å². The van der Waals surface area contributed by atoms with Gasteiger partial charge in [-0.2, -0.15) is 18.3 Å².